The van der Waals surface area contributed by atoms with Crippen LogP contribution in [0.5, 0.6) is 0 Å². The standard InChI is InChI=1S/C26H51O6PS/c1-5-8-10-12-13-14-15-17-19-22-34-24(20-18-16-11-9-6-2)23(4)32-26(29,25(27)28)33(30)31-21-7-3/h23-24,29H,5-22H2,1-4H3/p+1. The molecule has 0 aromatic heterocycles. The zero-order valence-corrected chi connectivity index (χ0v) is 24.0. The molecule has 0 amide bonds. The summed E-state index contributed by atoms with van der Waals surface area (Å²) in [6.45, 7) is 8.14. The summed E-state index contributed by atoms with van der Waals surface area (Å²) in [5.74, 6) is -0.685. The molecule has 34 heavy (non-hydrogen) atoms. The van der Waals surface area contributed by atoms with Crippen LogP contribution >= 0.6 is 19.8 Å². The van der Waals surface area contributed by atoms with E-state index in [0.29, 0.717) is 6.42 Å². The predicted molar refractivity (Wildman–Crippen MR) is 144 cm³/mol. The lowest BCUT2D eigenvalue weighted by atomic mass is 10.1. The van der Waals surface area contributed by atoms with Crippen LogP contribution in [0.25, 0.3) is 0 Å². The second-order valence-corrected chi connectivity index (χ2v) is 12.0. The first-order valence-corrected chi connectivity index (χ1v) is 15.9. The molecule has 0 aromatic rings. The number of ether oxygens (including phenoxy) is 1. The fourth-order valence-corrected chi connectivity index (χ4v) is 6.08. The fraction of sp³-hybridized carbons (Fsp3) is 0.962. The van der Waals surface area contributed by atoms with E-state index in [0.717, 1.165) is 31.4 Å². The lowest BCUT2D eigenvalue weighted by Crippen LogP contribution is -2.43. The molecule has 0 rings (SSSR count). The zero-order chi connectivity index (χ0) is 25.7. The Hall–Kier alpha value is -0.200. The van der Waals surface area contributed by atoms with Gasteiger partial charge in [-0.1, -0.05) is 104 Å². The summed E-state index contributed by atoms with van der Waals surface area (Å²) in [6.07, 6.45) is 18.2. The number of carboxylic acid groups (broad SMARTS) is 1. The molecule has 0 saturated carbocycles. The maximum atomic E-state index is 12.4. The molecular formula is C26H52O6PS+. The van der Waals surface area contributed by atoms with Gasteiger partial charge in [0.1, 0.15) is 6.61 Å². The van der Waals surface area contributed by atoms with Crippen molar-refractivity contribution in [1.82, 2.24) is 0 Å². The minimum absolute atomic E-state index is 0.0381. The van der Waals surface area contributed by atoms with Gasteiger partial charge in [-0.3, -0.25) is 4.74 Å². The number of carbonyl (C=O) groups is 1. The van der Waals surface area contributed by atoms with Crippen molar-refractivity contribution >= 4 is 25.8 Å². The molecule has 0 aromatic carbocycles. The van der Waals surface area contributed by atoms with E-state index in [1.165, 1.54) is 70.6 Å². The summed E-state index contributed by atoms with van der Waals surface area (Å²) in [4.78, 5) is 11.7. The Morgan fingerprint density at radius 2 is 1.35 bits per heavy atom. The Labute approximate surface area is 214 Å². The minimum Gasteiger partial charge on any atom is -0.474 e. The number of aliphatic hydroxyl groups is 1. The second kappa shape index (κ2) is 22.0. The molecule has 0 aliphatic heterocycles. The highest BCUT2D eigenvalue weighted by atomic mass is 32.2. The van der Waals surface area contributed by atoms with E-state index in [2.05, 4.69) is 13.8 Å². The first-order valence-electron chi connectivity index (χ1n) is 13.7. The van der Waals surface area contributed by atoms with Crippen molar-refractivity contribution in [3.8, 4) is 0 Å². The van der Waals surface area contributed by atoms with E-state index in [-0.39, 0.29) is 11.9 Å². The highest BCUT2D eigenvalue weighted by Gasteiger charge is 2.61. The van der Waals surface area contributed by atoms with Crippen molar-refractivity contribution in [2.45, 2.75) is 147 Å². The van der Waals surface area contributed by atoms with Crippen LogP contribution in [0.15, 0.2) is 0 Å². The highest BCUT2D eigenvalue weighted by Crippen LogP contribution is 2.42. The first-order chi connectivity index (χ1) is 16.3. The number of aliphatic carboxylic acids is 1. The minimum atomic E-state index is -2.90. The molecule has 0 radical (unpaired) electrons. The predicted octanol–water partition coefficient (Wildman–Crippen LogP) is 8.28. The molecule has 4 atom stereocenters. The maximum absolute atomic E-state index is 12.4. The highest BCUT2D eigenvalue weighted by molar-refractivity contribution is 7.99. The average molecular weight is 524 g/mol. The molecule has 0 bridgehead atoms. The summed E-state index contributed by atoms with van der Waals surface area (Å²) < 4.78 is 23.0. The van der Waals surface area contributed by atoms with E-state index >= 15 is 0 Å². The molecule has 0 aliphatic carbocycles. The Morgan fingerprint density at radius 1 is 0.853 bits per heavy atom. The number of thioether (sulfide) groups is 1. The summed E-state index contributed by atoms with van der Waals surface area (Å²) in [7, 11) is -2.90. The lowest BCUT2D eigenvalue weighted by Gasteiger charge is -2.26. The third kappa shape index (κ3) is 15.7. The Morgan fingerprint density at radius 3 is 1.85 bits per heavy atom. The molecule has 0 heterocycles. The summed E-state index contributed by atoms with van der Waals surface area (Å²) in [5.41, 5.74) is -2.82. The Kier molecular flexibility index (Phi) is 21.9. The number of hydrogen-bond acceptors (Lipinski definition) is 6. The van der Waals surface area contributed by atoms with E-state index in [4.69, 9.17) is 9.26 Å². The van der Waals surface area contributed by atoms with Gasteiger partial charge in [-0.2, -0.15) is 11.8 Å². The molecule has 0 aliphatic rings. The zero-order valence-electron chi connectivity index (χ0n) is 22.3. The van der Waals surface area contributed by atoms with Gasteiger partial charge < -0.3 is 10.2 Å². The van der Waals surface area contributed by atoms with Crippen molar-refractivity contribution in [2.75, 3.05) is 12.4 Å². The number of rotatable bonds is 25. The van der Waals surface area contributed by atoms with Gasteiger partial charge in [0.05, 0.1) is 6.10 Å². The fourth-order valence-electron chi connectivity index (χ4n) is 3.82. The molecule has 0 fully saturated rings. The topological polar surface area (TPSA) is 93.1 Å². The Balaban J connectivity index is 4.70. The van der Waals surface area contributed by atoms with Crippen molar-refractivity contribution in [2.24, 2.45) is 0 Å². The van der Waals surface area contributed by atoms with Crippen LogP contribution in [0.2, 0.25) is 0 Å². The second-order valence-electron chi connectivity index (χ2n) is 9.27. The lowest BCUT2D eigenvalue weighted by molar-refractivity contribution is -0.203. The molecule has 6 nitrogen and oxygen atoms in total. The summed E-state index contributed by atoms with van der Waals surface area (Å²) in [5, 5.41) is 20.1. The molecule has 202 valence electrons. The third-order valence-electron chi connectivity index (χ3n) is 5.98. The van der Waals surface area contributed by atoms with E-state index in [1.807, 2.05) is 6.92 Å². The number of carboxylic acids is 1. The van der Waals surface area contributed by atoms with Crippen LogP contribution in [0.1, 0.15) is 130 Å². The smallest absolute Gasteiger partial charge is 0.474 e. The maximum Gasteiger partial charge on any atom is 0.589 e. The van der Waals surface area contributed by atoms with E-state index in [9.17, 15) is 19.6 Å². The monoisotopic (exact) mass is 523 g/mol. The van der Waals surface area contributed by atoms with Crippen molar-refractivity contribution < 1.29 is 28.8 Å². The van der Waals surface area contributed by atoms with Gasteiger partial charge in [0.25, 0.3) is 0 Å². The SMILES string of the molecule is CCCCCCCCCCCSC(CCCCCCC)C(C)OC(O)(C(=O)O)[P+](=O)OCCC. The molecule has 0 spiro atoms. The quantitative estimate of drug-likeness (QED) is 0.0706. The van der Waals surface area contributed by atoms with Crippen LogP contribution in [0.3, 0.4) is 0 Å². The van der Waals surface area contributed by atoms with Gasteiger partial charge >= 0.3 is 19.5 Å². The Bertz CT molecular complexity index is 522. The van der Waals surface area contributed by atoms with Crippen molar-refractivity contribution in [3.63, 3.8) is 0 Å². The molecule has 0 saturated heterocycles. The number of hydrogen-bond donors (Lipinski definition) is 2. The summed E-state index contributed by atoms with van der Waals surface area (Å²) in [6, 6.07) is 0. The van der Waals surface area contributed by atoms with Crippen LogP contribution in [0, 0.1) is 0 Å². The normalized spacial score (nSPS) is 15.6. The van der Waals surface area contributed by atoms with Gasteiger partial charge in [-0.05, 0) is 36.5 Å². The number of unbranched alkanes of at least 4 members (excludes halogenated alkanes) is 12. The van der Waals surface area contributed by atoms with Crippen LogP contribution in [0.4, 0.5) is 0 Å². The van der Waals surface area contributed by atoms with Gasteiger partial charge in [-0.25, -0.2) is 4.79 Å². The average Bonchev–Trinajstić information content (AvgIpc) is 2.81. The van der Waals surface area contributed by atoms with Gasteiger partial charge in [-0.15, -0.1) is 4.52 Å². The molecule has 8 heteroatoms. The van der Waals surface area contributed by atoms with Crippen molar-refractivity contribution in [3.05, 3.63) is 0 Å². The van der Waals surface area contributed by atoms with Crippen molar-refractivity contribution in [1.29, 1.82) is 0 Å². The molecular weight excluding hydrogens is 471 g/mol. The first kappa shape index (κ1) is 33.8. The molecule has 2 N–H and O–H groups in total. The van der Waals surface area contributed by atoms with Gasteiger partial charge in [0, 0.05) is 5.25 Å². The van der Waals surface area contributed by atoms with Gasteiger partial charge in [0.2, 0.25) is 0 Å². The largest absolute Gasteiger partial charge is 0.589 e. The van der Waals surface area contributed by atoms with Gasteiger partial charge in [0.15, 0.2) is 0 Å². The van der Waals surface area contributed by atoms with E-state index in [1.54, 1.807) is 18.7 Å². The van der Waals surface area contributed by atoms with E-state index < -0.39 is 25.6 Å². The van der Waals surface area contributed by atoms with Crippen LogP contribution in [-0.4, -0.2) is 45.4 Å². The van der Waals surface area contributed by atoms with Crippen LogP contribution in [-0.2, 0) is 18.6 Å². The summed E-state index contributed by atoms with van der Waals surface area (Å²) >= 11 is 1.79. The third-order valence-corrected chi connectivity index (χ3v) is 8.76. The molecule has 4 unspecified atom stereocenters. The van der Waals surface area contributed by atoms with Crippen LogP contribution < -0.4 is 0 Å².